The number of hydrogen-bond donors (Lipinski definition) is 2. The normalized spacial score (nSPS) is 16.8. The van der Waals surface area contributed by atoms with Crippen molar-refractivity contribution in [3.8, 4) is 0 Å². The Hall–Kier alpha value is -0.860. The highest BCUT2D eigenvalue weighted by atomic mass is 16.3. The molecular formula is C15H25NO. The molecule has 0 bridgehead atoms. The second-order valence-corrected chi connectivity index (χ2v) is 5.59. The van der Waals surface area contributed by atoms with Crippen LogP contribution < -0.4 is 5.73 Å². The molecule has 96 valence electrons. The van der Waals surface area contributed by atoms with E-state index in [4.69, 9.17) is 5.73 Å². The zero-order valence-electron chi connectivity index (χ0n) is 11.2. The molecule has 0 saturated heterocycles. The van der Waals surface area contributed by atoms with Crippen LogP contribution in [0.15, 0.2) is 30.3 Å². The summed E-state index contributed by atoms with van der Waals surface area (Å²) in [6.07, 6.45) is 2.50. The van der Waals surface area contributed by atoms with Gasteiger partial charge in [-0.25, -0.2) is 0 Å². The molecule has 0 spiro atoms. The summed E-state index contributed by atoms with van der Waals surface area (Å²) < 4.78 is 0. The van der Waals surface area contributed by atoms with E-state index in [9.17, 15) is 5.11 Å². The summed E-state index contributed by atoms with van der Waals surface area (Å²) in [5.74, 6) is 0.602. The van der Waals surface area contributed by atoms with Crippen molar-refractivity contribution in [1.29, 1.82) is 0 Å². The minimum atomic E-state index is -0.778. The van der Waals surface area contributed by atoms with Crippen LogP contribution in [0.2, 0.25) is 0 Å². The Morgan fingerprint density at radius 2 is 1.82 bits per heavy atom. The molecule has 17 heavy (non-hydrogen) atoms. The smallest absolute Gasteiger partial charge is 0.0773 e. The van der Waals surface area contributed by atoms with E-state index in [-0.39, 0.29) is 6.04 Å². The number of benzene rings is 1. The Morgan fingerprint density at radius 3 is 2.35 bits per heavy atom. The van der Waals surface area contributed by atoms with Gasteiger partial charge in [-0.1, -0.05) is 44.2 Å². The highest BCUT2D eigenvalue weighted by molar-refractivity contribution is 5.16. The van der Waals surface area contributed by atoms with Crippen LogP contribution in [0.3, 0.4) is 0 Å². The Balaban J connectivity index is 2.53. The summed E-state index contributed by atoms with van der Waals surface area (Å²) in [6, 6.07) is 9.90. The van der Waals surface area contributed by atoms with Gasteiger partial charge in [0.25, 0.3) is 0 Å². The highest BCUT2D eigenvalue weighted by Crippen LogP contribution is 2.21. The summed E-state index contributed by atoms with van der Waals surface area (Å²) in [5.41, 5.74) is 6.53. The van der Waals surface area contributed by atoms with E-state index in [2.05, 4.69) is 26.0 Å². The average molecular weight is 235 g/mol. The van der Waals surface area contributed by atoms with Gasteiger partial charge in [0, 0.05) is 6.04 Å². The van der Waals surface area contributed by atoms with Crippen molar-refractivity contribution in [2.75, 3.05) is 0 Å². The summed E-state index contributed by atoms with van der Waals surface area (Å²) in [7, 11) is 0. The largest absolute Gasteiger partial charge is 0.389 e. The first-order chi connectivity index (χ1) is 7.92. The molecule has 0 aliphatic rings. The lowest BCUT2D eigenvalue weighted by molar-refractivity contribution is 0.0194. The molecule has 2 atom stereocenters. The van der Waals surface area contributed by atoms with E-state index < -0.39 is 5.60 Å². The van der Waals surface area contributed by atoms with Crippen LogP contribution in [0.25, 0.3) is 0 Å². The first kappa shape index (κ1) is 14.2. The standard InChI is InChI=1S/C15H25NO/c1-12(2)9-10-15(3,17)14(16)11-13-7-5-4-6-8-13/h4-8,12,14,17H,9-11,16H2,1-3H3/t14?,15-/m1/s1. The molecule has 2 heteroatoms. The van der Waals surface area contributed by atoms with Crippen LogP contribution in [0.1, 0.15) is 39.2 Å². The van der Waals surface area contributed by atoms with Crippen LogP contribution in [0.5, 0.6) is 0 Å². The third-order valence-corrected chi connectivity index (χ3v) is 3.33. The Bertz CT molecular complexity index is 319. The third-order valence-electron chi connectivity index (χ3n) is 3.33. The Morgan fingerprint density at radius 1 is 1.24 bits per heavy atom. The quantitative estimate of drug-likeness (QED) is 0.796. The van der Waals surface area contributed by atoms with Crippen LogP contribution in [0.4, 0.5) is 0 Å². The second-order valence-electron chi connectivity index (χ2n) is 5.59. The van der Waals surface area contributed by atoms with Gasteiger partial charge in [0.1, 0.15) is 0 Å². The van der Waals surface area contributed by atoms with E-state index in [0.29, 0.717) is 5.92 Å². The van der Waals surface area contributed by atoms with E-state index in [1.54, 1.807) is 0 Å². The van der Waals surface area contributed by atoms with Crippen LogP contribution in [-0.4, -0.2) is 16.7 Å². The van der Waals surface area contributed by atoms with Crippen molar-refractivity contribution in [2.24, 2.45) is 11.7 Å². The van der Waals surface area contributed by atoms with E-state index in [1.807, 2.05) is 25.1 Å². The summed E-state index contributed by atoms with van der Waals surface area (Å²) in [6.45, 7) is 6.18. The molecule has 0 amide bonds. The molecule has 1 unspecified atom stereocenters. The lowest BCUT2D eigenvalue weighted by Gasteiger charge is -2.31. The molecule has 0 fully saturated rings. The van der Waals surface area contributed by atoms with E-state index >= 15 is 0 Å². The van der Waals surface area contributed by atoms with Gasteiger partial charge >= 0.3 is 0 Å². The van der Waals surface area contributed by atoms with E-state index in [0.717, 1.165) is 19.3 Å². The van der Waals surface area contributed by atoms with Gasteiger partial charge in [-0.15, -0.1) is 0 Å². The SMILES string of the molecule is CC(C)CC[C@@](C)(O)C(N)Cc1ccccc1. The van der Waals surface area contributed by atoms with Gasteiger partial charge in [0.05, 0.1) is 5.60 Å². The molecule has 0 aliphatic carbocycles. The molecule has 0 radical (unpaired) electrons. The summed E-state index contributed by atoms with van der Waals surface area (Å²) in [5, 5.41) is 10.4. The zero-order valence-corrected chi connectivity index (χ0v) is 11.2. The molecular weight excluding hydrogens is 210 g/mol. The van der Waals surface area contributed by atoms with Gasteiger partial charge in [-0.05, 0) is 37.7 Å². The topological polar surface area (TPSA) is 46.2 Å². The Labute approximate surface area is 105 Å². The minimum absolute atomic E-state index is 0.205. The van der Waals surface area contributed by atoms with Gasteiger partial charge in [-0.2, -0.15) is 0 Å². The minimum Gasteiger partial charge on any atom is -0.389 e. The molecule has 0 heterocycles. The molecule has 2 nitrogen and oxygen atoms in total. The maximum absolute atomic E-state index is 10.4. The van der Waals surface area contributed by atoms with Gasteiger partial charge in [0.2, 0.25) is 0 Å². The van der Waals surface area contributed by atoms with Crippen LogP contribution in [-0.2, 0) is 6.42 Å². The second kappa shape index (κ2) is 6.18. The predicted octanol–water partition coefficient (Wildman–Crippen LogP) is 2.74. The van der Waals surface area contributed by atoms with Crippen molar-refractivity contribution >= 4 is 0 Å². The van der Waals surface area contributed by atoms with Gasteiger partial charge in [-0.3, -0.25) is 0 Å². The van der Waals surface area contributed by atoms with Crippen molar-refractivity contribution in [1.82, 2.24) is 0 Å². The molecule has 1 aromatic carbocycles. The zero-order chi connectivity index (χ0) is 12.9. The molecule has 3 N–H and O–H groups in total. The number of hydrogen-bond acceptors (Lipinski definition) is 2. The van der Waals surface area contributed by atoms with Crippen molar-refractivity contribution in [3.05, 3.63) is 35.9 Å². The number of nitrogens with two attached hydrogens (primary N) is 1. The molecule has 1 rings (SSSR count). The lowest BCUT2D eigenvalue weighted by Crippen LogP contribution is -2.47. The monoisotopic (exact) mass is 235 g/mol. The van der Waals surface area contributed by atoms with Crippen LogP contribution in [0, 0.1) is 5.92 Å². The fourth-order valence-corrected chi connectivity index (χ4v) is 1.85. The average Bonchev–Trinajstić information content (AvgIpc) is 2.28. The Kier molecular flexibility index (Phi) is 5.16. The van der Waals surface area contributed by atoms with Crippen molar-refractivity contribution in [3.63, 3.8) is 0 Å². The molecule has 0 saturated carbocycles. The van der Waals surface area contributed by atoms with Gasteiger partial charge < -0.3 is 10.8 Å². The maximum atomic E-state index is 10.4. The lowest BCUT2D eigenvalue weighted by atomic mass is 9.86. The summed E-state index contributed by atoms with van der Waals surface area (Å²) >= 11 is 0. The molecule has 0 aromatic heterocycles. The number of rotatable bonds is 6. The number of aliphatic hydroxyl groups is 1. The highest BCUT2D eigenvalue weighted by Gasteiger charge is 2.28. The van der Waals surface area contributed by atoms with Gasteiger partial charge in [0.15, 0.2) is 0 Å². The molecule has 0 aliphatic heterocycles. The van der Waals surface area contributed by atoms with E-state index in [1.165, 1.54) is 5.56 Å². The predicted molar refractivity (Wildman–Crippen MR) is 72.8 cm³/mol. The summed E-state index contributed by atoms with van der Waals surface area (Å²) in [4.78, 5) is 0. The van der Waals surface area contributed by atoms with Crippen molar-refractivity contribution in [2.45, 2.75) is 51.7 Å². The van der Waals surface area contributed by atoms with Crippen LogP contribution >= 0.6 is 0 Å². The maximum Gasteiger partial charge on any atom is 0.0773 e. The fourth-order valence-electron chi connectivity index (χ4n) is 1.85. The molecule has 1 aromatic rings. The fraction of sp³-hybridized carbons (Fsp3) is 0.600. The third kappa shape index (κ3) is 4.88. The van der Waals surface area contributed by atoms with Crippen molar-refractivity contribution < 1.29 is 5.11 Å². The first-order valence-electron chi connectivity index (χ1n) is 6.43. The first-order valence-corrected chi connectivity index (χ1v) is 6.43.